The van der Waals surface area contributed by atoms with E-state index in [0.29, 0.717) is 18.7 Å². The number of piperazine rings is 1. The largest absolute Gasteiger partial charge is 0.353 e. The number of benzene rings is 1. The Labute approximate surface area is 146 Å². The van der Waals surface area contributed by atoms with Crippen molar-refractivity contribution in [3.63, 3.8) is 0 Å². The highest BCUT2D eigenvalue weighted by Crippen LogP contribution is 2.13. The predicted octanol–water partition coefficient (Wildman–Crippen LogP) is 3.14. The van der Waals surface area contributed by atoms with Crippen LogP contribution >= 0.6 is 0 Å². The van der Waals surface area contributed by atoms with E-state index in [1.807, 2.05) is 23.1 Å². The lowest BCUT2D eigenvalue weighted by molar-refractivity contribution is -0.126. The Morgan fingerprint density at radius 2 is 1.76 bits per heavy atom. The summed E-state index contributed by atoms with van der Waals surface area (Å²) in [7, 11) is 0. The molecule has 128 valence electrons. The van der Waals surface area contributed by atoms with Gasteiger partial charge in [-0.25, -0.2) is 9.37 Å². The molecule has 2 aromatic rings. The quantitative estimate of drug-likeness (QED) is 0.635. The molecule has 0 spiro atoms. The minimum atomic E-state index is -0.274. The van der Waals surface area contributed by atoms with Crippen LogP contribution in [0.3, 0.4) is 0 Å². The maximum absolute atomic E-state index is 13.5. The Hall–Kier alpha value is -2.95. The number of halogens is 1. The molecule has 1 saturated heterocycles. The SMILES string of the molecule is O=C(/C=C/C=C/c1ccccc1F)N1CCN(c2ccccn2)CC1. The van der Waals surface area contributed by atoms with Crippen molar-refractivity contribution in [1.29, 1.82) is 0 Å². The van der Waals surface area contributed by atoms with Gasteiger partial charge >= 0.3 is 0 Å². The van der Waals surface area contributed by atoms with E-state index in [1.165, 1.54) is 12.1 Å². The number of carbonyl (C=O) groups excluding carboxylic acids is 1. The first-order valence-corrected chi connectivity index (χ1v) is 8.28. The van der Waals surface area contributed by atoms with Gasteiger partial charge in [0.1, 0.15) is 11.6 Å². The maximum Gasteiger partial charge on any atom is 0.246 e. The highest BCUT2D eigenvalue weighted by molar-refractivity contribution is 5.88. The first-order valence-electron chi connectivity index (χ1n) is 8.28. The smallest absolute Gasteiger partial charge is 0.246 e. The second-order valence-corrected chi connectivity index (χ2v) is 5.74. The number of nitrogens with zero attached hydrogens (tertiary/aromatic N) is 3. The zero-order valence-electron chi connectivity index (χ0n) is 13.9. The number of anilines is 1. The topological polar surface area (TPSA) is 36.4 Å². The zero-order valence-corrected chi connectivity index (χ0v) is 13.9. The lowest BCUT2D eigenvalue weighted by Gasteiger charge is -2.34. The second kappa shape index (κ2) is 8.24. The molecule has 0 atom stereocenters. The number of carbonyl (C=O) groups is 1. The van der Waals surface area contributed by atoms with Crippen molar-refractivity contribution in [2.45, 2.75) is 0 Å². The van der Waals surface area contributed by atoms with Gasteiger partial charge in [-0.05, 0) is 18.2 Å². The molecule has 2 heterocycles. The van der Waals surface area contributed by atoms with Crippen molar-refractivity contribution in [3.05, 3.63) is 78.3 Å². The second-order valence-electron chi connectivity index (χ2n) is 5.74. The number of hydrogen-bond acceptors (Lipinski definition) is 3. The minimum Gasteiger partial charge on any atom is -0.353 e. The monoisotopic (exact) mass is 337 g/mol. The van der Waals surface area contributed by atoms with E-state index >= 15 is 0 Å². The van der Waals surface area contributed by atoms with E-state index in [-0.39, 0.29) is 11.7 Å². The molecule has 1 fully saturated rings. The predicted molar refractivity (Wildman–Crippen MR) is 97.6 cm³/mol. The van der Waals surface area contributed by atoms with Gasteiger partial charge in [-0.3, -0.25) is 4.79 Å². The van der Waals surface area contributed by atoms with Crippen LogP contribution in [0.2, 0.25) is 0 Å². The van der Waals surface area contributed by atoms with Crippen molar-refractivity contribution in [2.75, 3.05) is 31.1 Å². The molecule has 0 N–H and O–H groups in total. The van der Waals surface area contributed by atoms with Crippen LogP contribution in [0.25, 0.3) is 6.08 Å². The Balaban J connectivity index is 1.50. The van der Waals surface area contributed by atoms with E-state index in [1.54, 1.807) is 42.6 Å². The lowest BCUT2D eigenvalue weighted by Crippen LogP contribution is -2.48. The molecule has 0 unspecified atom stereocenters. The summed E-state index contributed by atoms with van der Waals surface area (Å²) in [6.45, 7) is 2.86. The van der Waals surface area contributed by atoms with Crippen molar-refractivity contribution >= 4 is 17.8 Å². The first-order chi connectivity index (χ1) is 12.2. The van der Waals surface area contributed by atoms with Gasteiger partial charge in [0.05, 0.1) is 0 Å². The third kappa shape index (κ3) is 4.53. The molecule has 0 radical (unpaired) electrons. The number of aromatic nitrogens is 1. The van der Waals surface area contributed by atoms with Crippen LogP contribution in [-0.2, 0) is 4.79 Å². The van der Waals surface area contributed by atoms with Crippen molar-refractivity contribution in [1.82, 2.24) is 9.88 Å². The minimum absolute atomic E-state index is 0.0288. The van der Waals surface area contributed by atoms with Gasteiger partial charge < -0.3 is 9.80 Å². The van der Waals surface area contributed by atoms with Crippen LogP contribution < -0.4 is 4.90 Å². The van der Waals surface area contributed by atoms with Crippen molar-refractivity contribution in [3.8, 4) is 0 Å². The number of pyridine rings is 1. The van der Waals surface area contributed by atoms with Crippen LogP contribution in [0, 0.1) is 5.82 Å². The van der Waals surface area contributed by atoms with Gasteiger partial charge in [0, 0.05) is 44.0 Å². The molecule has 4 nitrogen and oxygen atoms in total. The molecule has 25 heavy (non-hydrogen) atoms. The van der Waals surface area contributed by atoms with E-state index in [4.69, 9.17) is 0 Å². The van der Waals surface area contributed by atoms with Crippen LogP contribution in [-0.4, -0.2) is 42.0 Å². The van der Waals surface area contributed by atoms with Gasteiger partial charge in [0.15, 0.2) is 0 Å². The Kier molecular flexibility index (Phi) is 5.57. The molecular formula is C20H20FN3O. The van der Waals surface area contributed by atoms with Crippen LogP contribution in [0.15, 0.2) is 66.9 Å². The molecule has 0 bridgehead atoms. The van der Waals surface area contributed by atoms with E-state index in [9.17, 15) is 9.18 Å². The molecule has 1 aliphatic rings. The fourth-order valence-electron chi connectivity index (χ4n) is 2.71. The van der Waals surface area contributed by atoms with Gasteiger partial charge in [-0.15, -0.1) is 0 Å². The van der Waals surface area contributed by atoms with Crippen LogP contribution in [0.5, 0.6) is 0 Å². The lowest BCUT2D eigenvalue weighted by atomic mass is 10.2. The van der Waals surface area contributed by atoms with Gasteiger partial charge in [-0.1, -0.05) is 42.5 Å². The zero-order chi connectivity index (χ0) is 17.5. The number of amides is 1. The van der Waals surface area contributed by atoms with Crippen LogP contribution in [0.4, 0.5) is 10.2 Å². The highest BCUT2D eigenvalue weighted by atomic mass is 19.1. The summed E-state index contributed by atoms with van der Waals surface area (Å²) in [4.78, 5) is 20.5. The van der Waals surface area contributed by atoms with Gasteiger partial charge in [0.2, 0.25) is 5.91 Å². The van der Waals surface area contributed by atoms with Gasteiger partial charge in [-0.2, -0.15) is 0 Å². The van der Waals surface area contributed by atoms with Crippen molar-refractivity contribution in [2.24, 2.45) is 0 Å². The van der Waals surface area contributed by atoms with Crippen molar-refractivity contribution < 1.29 is 9.18 Å². The Bertz CT molecular complexity index is 766. The number of hydrogen-bond donors (Lipinski definition) is 0. The maximum atomic E-state index is 13.5. The number of rotatable bonds is 4. The molecule has 1 aromatic heterocycles. The molecule has 1 amide bonds. The molecule has 0 saturated carbocycles. The van der Waals surface area contributed by atoms with E-state index in [2.05, 4.69) is 9.88 Å². The van der Waals surface area contributed by atoms with Crippen LogP contribution in [0.1, 0.15) is 5.56 Å². The summed E-state index contributed by atoms with van der Waals surface area (Å²) in [6.07, 6.45) is 8.28. The summed E-state index contributed by atoms with van der Waals surface area (Å²) in [5, 5.41) is 0. The summed E-state index contributed by atoms with van der Waals surface area (Å²) in [5.74, 6) is 0.640. The molecular weight excluding hydrogens is 317 g/mol. The highest BCUT2D eigenvalue weighted by Gasteiger charge is 2.19. The summed E-state index contributed by atoms with van der Waals surface area (Å²) >= 11 is 0. The normalized spacial score (nSPS) is 15.2. The third-order valence-corrected chi connectivity index (χ3v) is 4.10. The summed E-state index contributed by atoms with van der Waals surface area (Å²) < 4.78 is 13.5. The Morgan fingerprint density at radius 3 is 2.48 bits per heavy atom. The standard InChI is InChI=1S/C20H20FN3O/c21-18-9-3-1-7-17(18)8-2-4-11-20(25)24-15-13-23(14-16-24)19-10-5-6-12-22-19/h1-12H,13-16H2/b8-2+,11-4+. The molecule has 0 aliphatic carbocycles. The average molecular weight is 337 g/mol. The number of allylic oxidation sites excluding steroid dienone is 2. The first kappa shape index (κ1) is 16.9. The summed E-state index contributed by atoms with van der Waals surface area (Å²) in [6, 6.07) is 12.4. The molecule has 3 rings (SSSR count). The Morgan fingerprint density at radius 1 is 1.00 bits per heavy atom. The molecule has 1 aromatic carbocycles. The van der Waals surface area contributed by atoms with E-state index < -0.39 is 0 Å². The van der Waals surface area contributed by atoms with Gasteiger partial charge in [0.25, 0.3) is 0 Å². The molecule has 1 aliphatic heterocycles. The fourth-order valence-corrected chi connectivity index (χ4v) is 2.71. The molecule has 5 heteroatoms. The van der Waals surface area contributed by atoms with E-state index in [0.717, 1.165) is 18.9 Å². The third-order valence-electron chi connectivity index (χ3n) is 4.10. The fraction of sp³-hybridized carbons (Fsp3) is 0.200. The average Bonchev–Trinajstić information content (AvgIpc) is 2.67. The summed E-state index contributed by atoms with van der Waals surface area (Å²) in [5.41, 5.74) is 0.503.